The maximum absolute atomic E-state index is 14.2. The highest BCUT2D eigenvalue weighted by atomic mass is 19.1. The molecule has 2 amide bonds. The summed E-state index contributed by atoms with van der Waals surface area (Å²) in [6, 6.07) is 3.79. The van der Waals surface area contributed by atoms with E-state index in [0.29, 0.717) is 17.7 Å². The van der Waals surface area contributed by atoms with Gasteiger partial charge < -0.3 is 9.64 Å². The molecule has 5 rings (SSSR count). The van der Waals surface area contributed by atoms with Crippen LogP contribution in [-0.4, -0.2) is 61.1 Å². The van der Waals surface area contributed by atoms with Crippen LogP contribution in [0.1, 0.15) is 18.0 Å². The van der Waals surface area contributed by atoms with Crippen molar-refractivity contribution in [1.29, 1.82) is 0 Å². The number of rotatable bonds is 4. The maximum Gasteiger partial charge on any atom is 0.341 e. The molecule has 1 saturated heterocycles. The lowest BCUT2D eigenvalue weighted by Crippen LogP contribution is -2.59. The predicted molar refractivity (Wildman–Crippen MR) is 110 cm³/mol. The number of amides is 2. The first-order valence-corrected chi connectivity index (χ1v) is 10.1. The molecule has 0 spiro atoms. The minimum Gasteiger partial charge on any atom is -0.468 e. The molecule has 2 aromatic heterocycles. The Hall–Kier alpha value is -3.96. The zero-order valence-corrected chi connectivity index (χ0v) is 17.4. The number of hydrogen-bond acceptors (Lipinski definition) is 6. The number of nitrogens with zero attached hydrogens (tertiary/aromatic N) is 7. The summed E-state index contributed by atoms with van der Waals surface area (Å²) in [5.41, 5.74) is 0.788. The maximum atomic E-state index is 14.2. The van der Waals surface area contributed by atoms with E-state index in [4.69, 9.17) is 4.74 Å². The van der Waals surface area contributed by atoms with Crippen LogP contribution in [0.2, 0.25) is 0 Å². The van der Waals surface area contributed by atoms with Gasteiger partial charge in [0.2, 0.25) is 5.82 Å². The summed E-state index contributed by atoms with van der Waals surface area (Å²) in [7, 11) is 1.74. The Balaban J connectivity index is 1.23. The van der Waals surface area contributed by atoms with E-state index < -0.39 is 35.6 Å². The Bertz CT molecular complexity index is 1220. The summed E-state index contributed by atoms with van der Waals surface area (Å²) in [6.07, 6.45) is 4.10. The molecule has 2 aliphatic rings. The number of urea groups is 1. The van der Waals surface area contributed by atoms with E-state index in [2.05, 4.69) is 20.2 Å². The zero-order valence-electron chi connectivity index (χ0n) is 17.4. The van der Waals surface area contributed by atoms with E-state index in [-0.39, 0.29) is 24.8 Å². The van der Waals surface area contributed by atoms with Crippen molar-refractivity contribution in [2.24, 2.45) is 12.1 Å². The van der Waals surface area contributed by atoms with E-state index in [1.54, 1.807) is 24.0 Å². The Morgan fingerprint density at radius 3 is 2.61 bits per heavy atom. The molecule has 0 saturated carbocycles. The molecular weight excluding hydrogens is 439 g/mol. The van der Waals surface area contributed by atoms with Gasteiger partial charge >= 0.3 is 6.03 Å². The van der Waals surface area contributed by atoms with Crippen molar-refractivity contribution in [3.05, 3.63) is 59.7 Å². The van der Waals surface area contributed by atoms with Gasteiger partial charge in [0.15, 0.2) is 5.82 Å². The second-order valence-corrected chi connectivity index (χ2v) is 7.75. The van der Waals surface area contributed by atoms with Crippen LogP contribution in [0, 0.1) is 17.5 Å². The second kappa shape index (κ2) is 8.19. The van der Waals surface area contributed by atoms with Crippen molar-refractivity contribution in [3.63, 3.8) is 0 Å². The van der Waals surface area contributed by atoms with Gasteiger partial charge in [-0.15, -0.1) is 0 Å². The highest BCUT2D eigenvalue weighted by molar-refractivity contribution is 5.79. The Labute approximate surface area is 186 Å². The number of hydrogen-bond donors (Lipinski definition) is 0. The van der Waals surface area contributed by atoms with Crippen LogP contribution in [0.25, 0.3) is 11.5 Å². The van der Waals surface area contributed by atoms with Gasteiger partial charge in [-0.1, -0.05) is 0 Å². The minimum absolute atomic E-state index is 0.178. The van der Waals surface area contributed by atoms with Crippen molar-refractivity contribution in [2.45, 2.75) is 18.6 Å². The monoisotopic (exact) mass is 457 g/mol. The van der Waals surface area contributed by atoms with Gasteiger partial charge in [-0.2, -0.15) is 19.6 Å². The molecule has 4 heterocycles. The van der Waals surface area contributed by atoms with Gasteiger partial charge in [-0.3, -0.25) is 4.68 Å². The topological polar surface area (TPSA) is 88.7 Å². The second-order valence-electron chi connectivity index (χ2n) is 7.75. The van der Waals surface area contributed by atoms with E-state index in [0.717, 1.165) is 12.3 Å². The van der Waals surface area contributed by atoms with Crippen LogP contribution in [-0.2, 0) is 7.05 Å². The Morgan fingerprint density at radius 2 is 1.91 bits per heavy atom. The third-order valence-electron chi connectivity index (χ3n) is 5.35. The van der Waals surface area contributed by atoms with Gasteiger partial charge in [0.05, 0.1) is 25.3 Å². The fourth-order valence-corrected chi connectivity index (χ4v) is 3.71. The molecule has 9 nitrogen and oxygen atoms in total. The summed E-state index contributed by atoms with van der Waals surface area (Å²) in [4.78, 5) is 22.4. The normalized spacial score (nSPS) is 18.0. The number of halogens is 3. The summed E-state index contributed by atoms with van der Waals surface area (Å²) in [6.45, 7) is 0.356. The molecule has 12 heteroatoms. The molecule has 33 heavy (non-hydrogen) atoms. The minimum atomic E-state index is -0.725. The molecule has 170 valence electrons. The Morgan fingerprint density at radius 1 is 1.15 bits per heavy atom. The van der Waals surface area contributed by atoms with Crippen LogP contribution in [0.4, 0.5) is 18.0 Å². The van der Waals surface area contributed by atoms with E-state index in [1.807, 2.05) is 0 Å². The smallest absolute Gasteiger partial charge is 0.341 e. The predicted octanol–water partition coefficient (Wildman–Crippen LogP) is 2.91. The largest absolute Gasteiger partial charge is 0.468 e. The standard InChI is InChI=1S/C21H18F3N7O2/c1-29-5-3-17(28-29)19-25-9-16(24)20(27-19)33-15-10-30(11-15)21(32)31-18(2-4-26-31)12-6-13(22)8-14(23)7-12/h3-9,15,18H,2,10-11H2,1H3. The van der Waals surface area contributed by atoms with Crippen molar-refractivity contribution in [3.8, 4) is 17.4 Å². The lowest BCUT2D eigenvalue weighted by atomic mass is 10.0. The first kappa shape index (κ1) is 20.9. The van der Waals surface area contributed by atoms with Gasteiger partial charge in [-0.25, -0.2) is 23.6 Å². The van der Waals surface area contributed by atoms with Crippen LogP contribution >= 0.6 is 0 Å². The molecule has 2 aliphatic heterocycles. The van der Waals surface area contributed by atoms with E-state index >= 15 is 0 Å². The van der Waals surface area contributed by atoms with Crippen molar-refractivity contribution in [1.82, 2.24) is 29.7 Å². The van der Waals surface area contributed by atoms with Gasteiger partial charge in [0.1, 0.15) is 23.4 Å². The number of benzene rings is 1. The van der Waals surface area contributed by atoms with Crippen LogP contribution < -0.4 is 4.74 Å². The number of carbonyl (C=O) groups excluding carboxylic acids is 1. The Kier molecular flexibility index (Phi) is 5.19. The number of aryl methyl sites for hydroxylation is 1. The highest BCUT2D eigenvalue weighted by Crippen LogP contribution is 2.31. The summed E-state index contributed by atoms with van der Waals surface area (Å²) >= 11 is 0. The van der Waals surface area contributed by atoms with E-state index in [1.165, 1.54) is 28.3 Å². The summed E-state index contributed by atoms with van der Waals surface area (Å²) in [5.74, 6) is -2.18. The lowest BCUT2D eigenvalue weighted by Gasteiger charge is -2.40. The average Bonchev–Trinajstić information content (AvgIpc) is 3.40. The number of ether oxygens (including phenoxy) is 1. The van der Waals surface area contributed by atoms with E-state index in [9.17, 15) is 18.0 Å². The molecule has 0 N–H and O–H groups in total. The highest BCUT2D eigenvalue weighted by Gasteiger charge is 2.39. The molecule has 1 unspecified atom stereocenters. The SMILES string of the molecule is Cn1ccc(-c2ncc(F)c(OC3CN(C(=O)N4N=CCC4c4cc(F)cc(F)c4)C3)n2)n1. The first-order valence-electron chi connectivity index (χ1n) is 10.1. The van der Waals surface area contributed by atoms with Crippen LogP contribution in [0.15, 0.2) is 41.8 Å². The van der Waals surface area contributed by atoms with Gasteiger partial charge in [0, 0.05) is 31.9 Å². The number of hydrazone groups is 1. The summed E-state index contributed by atoms with van der Waals surface area (Å²) < 4.78 is 48.6. The molecule has 0 aliphatic carbocycles. The fraction of sp³-hybridized carbons (Fsp3) is 0.286. The van der Waals surface area contributed by atoms with Crippen molar-refractivity contribution < 1.29 is 22.7 Å². The molecule has 1 fully saturated rings. The molecular formula is C21H18F3N7O2. The fourth-order valence-electron chi connectivity index (χ4n) is 3.71. The molecule has 3 aromatic rings. The van der Waals surface area contributed by atoms with Crippen LogP contribution in [0.5, 0.6) is 5.88 Å². The van der Waals surface area contributed by atoms with Crippen LogP contribution in [0.3, 0.4) is 0 Å². The lowest BCUT2D eigenvalue weighted by molar-refractivity contribution is 0.0230. The van der Waals surface area contributed by atoms with Crippen molar-refractivity contribution in [2.75, 3.05) is 13.1 Å². The zero-order chi connectivity index (χ0) is 23.1. The third kappa shape index (κ3) is 4.11. The molecule has 1 atom stereocenters. The molecule has 0 bridgehead atoms. The summed E-state index contributed by atoms with van der Waals surface area (Å²) in [5, 5.41) is 9.44. The third-order valence-corrected chi connectivity index (χ3v) is 5.35. The van der Waals surface area contributed by atoms with Gasteiger partial charge in [0.25, 0.3) is 5.88 Å². The quantitative estimate of drug-likeness (QED) is 0.601. The van der Waals surface area contributed by atoms with Gasteiger partial charge in [-0.05, 0) is 23.8 Å². The average molecular weight is 457 g/mol. The first-order chi connectivity index (χ1) is 15.9. The number of carbonyl (C=O) groups is 1. The molecule has 1 aromatic carbocycles. The number of likely N-dealkylation sites (tertiary alicyclic amines) is 1. The molecule has 0 radical (unpaired) electrons. The number of aromatic nitrogens is 4. The van der Waals surface area contributed by atoms with Crippen molar-refractivity contribution >= 4 is 12.2 Å².